The number of nitrogens with zero attached hydrogens (tertiary/aromatic N) is 4. The number of para-hydroxylation sites is 1. The van der Waals surface area contributed by atoms with Crippen LogP contribution < -0.4 is 10.2 Å². The number of amides is 1. The van der Waals surface area contributed by atoms with Crippen LogP contribution in [0.5, 0.6) is 0 Å². The number of carbonyl (C=O) groups is 1. The molecule has 0 aliphatic carbocycles. The number of rotatable bonds is 6. The van der Waals surface area contributed by atoms with Gasteiger partial charge in [0.25, 0.3) is 0 Å². The van der Waals surface area contributed by atoms with Crippen LogP contribution in [-0.4, -0.2) is 39.5 Å². The zero-order valence-electron chi connectivity index (χ0n) is 16.2. The second-order valence-corrected chi connectivity index (χ2v) is 8.31. The van der Waals surface area contributed by atoms with Gasteiger partial charge in [-0.1, -0.05) is 41.6 Å². The summed E-state index contributed by atoms with van der Waals surface area (Å²) in [5, 5.41) is 12.3. The van der Waals surface area contributed by atoms with Crippen molar-refractivity contribution in [3.05, 3.63) is 59.4 Å². The lowest BCUT2D eigenvalue weighted by Gasteiger charge is -2.27. The Labute approximate surface area is 183 Å². The van der Waals surface area contributed by atoms with E-state index in [0.29, 0.717) is 10.8 Å². The van der Waals surface area contributed by atoms with Crippen molar-refractivity contribution in [2.24, 2.45) is 0 Å². The second kappa shape index (κ2) is 9.49. The van der Waals surface area contributed by atoms with Gasteiger partial charge in [0.15, 0.2) is 5.16 Å². The molecule has 2 heterocycles. The highest BCUT2D eigenvalue weighted by atomic mass is 35.5. The van der Waals surface area contributed by atoms with Gasteiger partial charge in [-0.05, 0) is 49.6 Å². The van der Waals surface area contributed by atoms with Gasteiger partial charge in [-0.3, -0.25) is 9.36 Å². The molecule has 6 nitrogen and oxygen atoms in total. The number of thioether (sulfide) groups is 1. The van der Waals surface area contributed by atoms with Crippen molar-refractivity contribution >= 4 is 40.9 Å². The lowest BCUT2D eigenvalue weighted by Crippen LogP contribution is -2.31. The molecule has 1 saturated heterocycles. The molecule has 3 aromatic rings. The number of halogens is 2. The fraction of sp³-hybridized carbons (Fsp3) is 0.286. The van der Waals surface area contributed by atoms with E-state index in [0.717, 1.165) is 37.6 Å². The summed E-state index contributed by atoms with van der Waals surface area (Å²) in [6.45, 7) is 1.89. The lowest BCUT2D eigenvalue weighted by atomic mass is 10.1. The first-order valence-electron chi connectivity index (χ1n) is 9.75. The molecule has 0 radical (unpaired) electrons. The fourth-order valence-electron chi connectivity index (χ4n) is 3.36. The van der Waals surface area contributed by atoms with Crippen molar-refractivity contribution in [1.29, 1.82) is 0 Å². The maximum Gasteiger partial charge on any atom is 0.234 e. The molecule has 1 aromatic heterocycles. The molecule has 0 saturated carbocycles. The number of hydrogen-bond acceptors (Lipinski definition) is 5. The van der Waals surface area contributed by atoms with Crippen LogP contribution in [0.3, 0.4) is 0 Å². The molecule has 156 valence electrons. The van der Waals surface area contributed by atoms with Gasteiger partial charge in [-0.2, -0.15) is 0 Å². The van der Waals surface area contributed by atoms with E-state index in [1.165, 1.54) is 36.4 Å². The van der Waals surface area contributed by atoms with Gasteiger partial charge in [0.1, 0.15) is 5.82 Å². The Bertz CT molecular complexity index is 1020. The molecule has 0 atom stereocenters. The van der Waals surface area contributed by atoms with Crippen LogP contribution in [0.25, 0.3) is 5.69 Å². The van der Waals surface area contributed by atoms with E-state index in [4.69, 9.17) is 11.6 Å². The third kappa shape index (κ3) is 4.76. The van der Waals surface area contributed by atoms with Crippen LogP contribution in [0.4, 0.5) is 16.0 Å². The Morgan fingerprint density at radius 2 is 1.87 bits per heavy atom. The molecule has 1 amide bonds. The molecule has 0 unspecified atom stereocenters. The summed E-state index contributed by atoms with van der Waals surface area (Å²) in [6.07, 6.45) is 3.49. The van der Waals surface area contributed by atoms with Crippen molar-refractivity contribution in [3.63, 3.8) is 0 Å². The Balaban J connectivity index is 1.52. The summed E-state index contributed by atoms with van der Waals surface area (Å²) in [6, 6.07) is 13.8. The third-order valence-corrected chi connectivity index (χ3v) is 6.05. The Morgan fingerprint density at radius 1 is 1.10 bits per heavy atom. The summed E-state index contributed by atoms with van der Waals surface area (Å²) in [4.78, 5) is 14.7. The molecular formula is C21H21ClFN5OS. The predicted molar refractivity (Wildman–Crippen MR) is 118 cm³/mol. The van der Waals surface area contributed by atoms with Crippen molar-refractivity contribution in [3.8, 4) is 5.69 Å². The first-order chi connectivity index (χ1) is 14.6. The number of carbonyl (C=O) groups excluding carboxylic acids is 1. The summed E-state index contributed by atoms with van der Waals surface area (Å²) >= 11 is 7.29. The number of benzene rings is 2. The van der Waals surface area contributed by atoms with Gasteiger partial charge in [0.05, 0.1) is 22.2 Å². The van der Waals surface area contributed by atoms with Gasteiger partial charge in [-0.25, -0.2) is 4.39 Å². The average Bonchev–Trinajstić information content (AvgIpc) is 3.19. The molecule has 2 aromatic carbocycles. The van der Waals surface area contributed by atoms with Gasteiger partial charge < -0.3 is 10.2 Å². The third-order valence-electron chi connectivity index (χ3n) is 4.81. The van der Waals surface area contributed by atoms with E-state index in [-0.39, 0.29) is 16.7 Å². The van der Waals surface area contributed by atoms with Crippen LogP contribution in [0.15, 0.2) is 53.7 Å². The Morgan fingerprint density at radius 3 is 2.60 bits per heavy atom. The minimum Gasteiger partial charge on any atom is -0.341 e. The van der Waals surface area contributed by atoms with E-state index in [9.17, 15) is 9.18 Å². The van der Waals surface area contributed by atoms with E-state index >= 15 is 0 Å². The van der Waals surface area contributed by atoms with E-state index < -0.39 is 5.82 Å². The van der Waals surface area contributed by atoms with Crippen LogP contribution >= 0.6 is 23.4 Å². The first kappa shape index (κ1) is 20.7. The molecule has 9 heteroatoms. The largest absolute Gasteiger partial charge is 0.341 e. The number of aromatic nitrogens is 3. The molecule has 1 fully saturated rings. The normalized spacial score (nSPS) is 14.0. The Hall–Kier alpha value is -2.58. The first-order valence-corrected chi connectivity index (χ1v) is 11.1. The minimum absolute atomic E-state index is 0.124. The number of nitrogens with one attached hydrogen (secondary N) is 1. The number of piperidine rings is 1. The number of anilines is 2. The van der Waals surface area contributed by atoms with Crippen LogP contribution in [0, 0.1) is 5.82 Å². The summed E-state index contributed by atoms with van der Waals surface area (Å²) in [5.41, 5.74) is 1.33. The summed E-state index contributed by atoms with van der Waals surface area (Å²) in [7, 11) is 0. The topological polar surface area (TPSA) is 63.1 Å². The van der Waals surface area contributed by atoms with Gasteiger partial charge in [0, 0.05) is 13.1 Å². The SMILES string of the molecule is O=C(CSc1nnc(N2CCCCC2)n1-c1ccccc1)Nc1ccc(F)cc1Cl. The molecule has 30 heavy (non-hydrogen) atoms. The Kier molecular flexibility index (Phi) is 6.54. The predicted octanol–water partition coefficient (Wildman–Crippen LogP) is 4.78. The average molecular weight is 446 g/mol. The lowest BCUT2D eigenvalue weighted by molar-refractivity contribution is -0.113. The molecule has 1 N–H and O–H groups in total. The van der Waals surface area contributed by atoms with E-state index in [2.05, 4.69) is 20.4 Å². The smallest absolute Gasteiger partial charge is 0.234 e. The number of hydrogen-bond donors (Lipinski definition) is 1. The maximum atomic E-state index is 13.2. The molecule has 1 aliphatic heterocycles. The standard InChI is InChI=1S/C21H21ClFN5OS/c22-17-13-15(23)9-10-18(17)24-19(29)14-30-21-26-25-20(27-11-5-2-6-12-27)28(21)16-7-3-1-4-8-16/h1,3-4,7-10,13H,2,5-6,11-12,14H2,(H,24,29). The highest BCUT2D eigenvalue weighted by molar-refractivity contribution is 7.99. The fourth-order valence-corrected chi connectivity index (χ4v) is 4.33. The highest BCUT2D eigenvalue weighted by Gasteiger charge is 2.22. The molecule has 1 aliphatic rings. The van der Waals surface area contributed by atoms with E-state index in [1.807, 2.05) is 34.9 Å². The molecule has 4 rings (SSSR count). The molecule has 0 bridgehead atoms. The summed E-state index contributed by atoms with van der Waals surface area (Å²) < 4.78 is 15.2. The molecule has 0 spiro atoms. The van der Waals surface area contributed by atoms with Crippen molar-refractivity contribution in [1.82, 2.24) is 14.8 Å². The van der Waals surface area contributed by atoms with Crippen LogP contribution in [0.1, 0.15) is 19.3 Å². The highest BCUT2D eigenvalue weighted by Crippen LogP contribution is 2.29. The van der Waals surface area contributed by atoms with Crippen molar-refractivity contribution in [2.75, 3.05) is 29.1 Å². The van der Waals surface area contributed by atoms with Crippen LogP contribution in [-0.2, 0) is 4.79 Å². The van der Waals surface area contributed by atoms with Gasteiger partial charge >= 0.3 is 0 Å². The van der Waals surface area contributed by atoms with Crippen molar-refractivity contribution < 1.29 is 9.18 Å². The van der Waals surface area contributed by atoms with Crippen LogP contribution in [0.2, 0.25) is 5.02 Å². The zero-order chi connectivity index (χ0) is 20.9. The second-order valence-electron chi connectivity index (χ2n) is 6.96. The maximum absolute atomic E-state index is 13.2. The molecular weight excluding hydrogens is 425 g/mol. The minimum atomic E-state index is -0.450. The summed E-state index contributed by atoms with van der Waals surface area (Å²) in [5.74, 6) is 0.216. The zero-order valence-corrected chi connectivity index (χ0v) is 17.8. The van der Waals surface area contributed by atoms with Crippen molar-refractivity contribution in [2.45, 2.75) is 24.4 Å². The van der Waals surface area contributed by atoms with E-state index in [1.54, 1.807) is 0 Å². The quantitative estimate of drug-likeness (QED) is 0.553. The monoisotopic (exact) mass is 445 g/mol. The van der Waals surface area contributed by atoms with Gasteiger partial charge in [-0.15, -0.1) is 10.2 Å². The van der Waals surface area contributed by atoms with Gasteiger partial charge in [0.2, 0.25) is 11.9 Å².